The third-order valence-corrected chi connectivity index (χ3v) is 6.28. The molecule has 0 aliphatic heterocycles. The van der Waals surface area contributed by atoms with E-state index >= 15 is 0 Å². The Labute approximate surface area is 191 Å². The second-order valence-electron chi connectivity index (χ2n) is 7.09. The van der Waals surface area contributed by atoms with Crippen LogP contribution in [0, 0.1) is 16.8 Å². The molecule has 0 spiro atoms. The number of sulfonamides is 1. The lowest BCUT2D eigenvalue weighted by Crippen LogP contribution is -2.28. The minimum absolute atomic E-state index is 0.110. The predicted molar refractivity (Wildman–Crippen MR) is 117 cm³/mol. The highest BCUT2D eigenvalue weighted by atomic mass is 32.2. The molecule has 0 saturated heterocycles. The number of anilines is 1. The van der Waals surface area contributed by atoms with Crippen molar-refractivity contribution in [3.05, 3.63) is 83.3 Å². The first-order chi connectivity index (χ1) is 16.1. The van der Waals surface area contributed by atoms with Crippen molar-refractivity contribution in [3.8, 4) is 17.0 Å². The highest BCUT2D eigenvalue weighted by Gasteiger charge is 2.22. The monoisotopic (exact) mass is 487 g/mol. The first-order valence-corrected chi connectivity index (χ1v) is 11.0. The Kier molecular flexibility index (Phi) is 5.75. The lowest BCUT2D eigenvalue weighted by atomic mass is 10.0. The fraction of sp³-hybridized carbons (Fsp3) is 0.0455. The normalized spacial score (nSPS) is 11.4. The quantitative estimate of drug-likeness (QED) is 0.315. The number of nitrogens with zero attached hydrogens (tertiary/aromatic N) is 2. The zero-order chi connectivity index (χ0) is 24.6. The number of hydrogen-bond donors (Lipinski definition) is 2. The van der Waals surface area contributed by atoms with Crippen molar-refractivity contribution < 1.29 is 36.6 Å². The number of fused-ring (bicyclic) bond motifs is 1. The number of carboxylic acid groups (broad SMARTS) is 1. The topological polar surface area (TPSA) is 133 Å². The average Bonchev–Trinajstić information content (AvgIpc) is 2.78. The number of aromatic carboxylic acids is 1. The number of hydrogen-bond acceptors (Lipinski definition) is 6. The summed E-state index contributed by atoms with van der Waals surface area (Å²) in [5, 5.41) is 21.7. The second kappa shape index (κ2) is 8.56. The molecule has 2 aromatic heterocycles. The summed E-state index contributed by atoms with van der Waals surface area (Å²) in [6.45, 7) is 0. The van der Waals surface area contributed by atoms with Crippen LogP contribution >= 0.6 is 0 Å². The molecule has 4 aromatic rings. The van der Waals surface area contributed by atoms with E-state index in [9.17, 15) is 32.3 Å². The van der Waals surface area contributed by atoms with E-state index in [0.29, 0.717) is 27.3 Å². The van der Waals surface area contributed by atoms with Crippen LogP contribution in [-0.2, 0) is 10.0 Å². The fourth-order valence-corrected chi connectivity index (χ4v) is 4.42. The molecule has 2 aromatic carbocycles. The van der Waals surface area contributed by atoms with E-state index in [1.807, 2.05) is 0 Å². The van der Waals surface area contributed by atoms with Gasteiger partial charge in [-0.05, 0) is 42.0 Å². The highest BCUT2D eigenvalue weighted by molar-refractivity contribution is 7.92. The number of aromatic nitrogens is 2. The summed E-state index contributed by atoms with van der Waals surface area (Å²) in [5.41, 5.74) is 0.768. The molecule has 0 aliphatic rings. The molecule has 0 fully saturated rings. The van der Waals surface area contributed by atoms with Crippen LogP contribution in [0.25, 0.3) is 22.0 Å². The highest BCUT2D eigenvalue weighted by Crippen LogP contribution is 2.31. The van der Waals surface area contributed by atoms with Crippen LogP contribution in [0.4, 0.5) is 14.5 Å². The fourth-order valence-electron chi connectivity index (χ4n) is 3.31. The van der Waals surface area contributed by atoms with Crippen molar-refractivity contribution in [2.24, 2.45) is 0 Å². The van der Waals surface area contributed by atoms with Crippen LogP contribution in [0.15, 0.2) is 65.8 Å². The van der Waals surface area contributed by atoms with Crippen molar-refractivity contribution in [3.63, 3.8) is 0 Å². The molecule has 0 bridgehead atoms. The number of halogens is 2. The Bertz CT molecular complexity index is 1560. The zero-order valence-electron chi connectivity index (χ0n) is 17.3. The summed E-state index contributed by atoms with van der Waals surface area (Å²) in [7, 11) is -3.21. The molecule has 0 unspecified atom stereocenters. The third-order valence-electron chi connectivity index (χ3n) is 4.88. The van der Waals surface area contributed by atoms with Gasteiger partial charge in [-0.25, -0.2) is 27.0 Å². The lowest BCUT2D eigenvalue weighted by molar-refractivity contribution is -0.577. The van der Waals surface area contributed by atoms with Gasteiger partial charge in [0.1, 0.15) is 27.8 Å². The summed E-state index contributed by atoms with van der Waals surface area (Å²) >= 11 is 0. The molecular formula is C22H15F2N3O6S. The van der Waals surface area contributed by atoms with Gasteiger partial charge in [-0.2, -0.15) is 4.73 Å². The Hall–Kier alpha value is -4.32. The average molecular weight is 487 g/mol. The van der Waals surface area contributed by atoms with Crippen LogP contribution < -0.4 is 14.2 Å². The first-order valence-electron chi connectivity index (χ1n) is 9.51. The lowest BCUT2D eigenvalue weighted by Gasteiger charge is -2.13. The molecule has 2 heterocycles. The maximum Gasteiger partial charge on any atom is 0.341 e. The van der Waals surface area contributed by atoms with Gasteiger partial charge in [0.05, 0.1) is 7.11 Å². The maximum atomic E-state index is 14.1. The molecule has 174 valence electrons. The second-order valence-corrected chi connectivity index (χ2v) is 8.75. The Morgan fingerprint density at radius 2 is 1.88 bits per heavy atom. The third kappa shape index (κ3) is 4.30. The molecule has 4 rings (SSSR count). The minimum atomic E-state index is -4.47. The van der Waals surface area contributed by atoms with Crippen LogP contribution in [-0.4, -0.2) is 31.6 Å². The molecule has 9 nitrogen and oxygen atoms in total. The molecule has 0 atom stereocenters. The van der Waals surface area contributed by atoms with Crippen LogP contribution in [0.3, 0.4) is 0 Å². The molecular weight excluding hydrogens is 472 g/mol. The number of ether oxygens (including phenoxy) is 1. The van der Waals surface area contributed by atoms with Crippen LogP contribution in [0.5, 0.6) is 5.88 Å². The minimum Gasteiger partial charge on any atom is -0.618 e. The van der Waals surface area contributed by atoms with Gasteiger partial charge in [0.25, 0.3) is 10.0 Å². The van der Waals surface area contributed by atoms with Crippen LogP contribution in [0.2, 0.25) is 0 Å². The Morgan fingerprint density at radius 1 is 1.12 bits per heavy atom. The van der Waals surface area contributed by atoms with E-state index < -0.39 is 32.5 Å². The van der Waals surface area contributed by atoms with Crippen molar-refractivity contribution in [2.75, 3.05) is 11.8 Å². The van der Waals surface area contributed by atoms with E-state index in [4.69, 9.17) is 4.74 Å². The summed E-state index contributed by atoms with van der Waals surface area (Å²) in [4.78, 5) is 14.6. The summed E-state index contributed by atoms with van der Waals surface area (Å²) in [6, 6.07) is 9.33. The number of rotatable bonds is 6. The van der Waals surface area contributed by atoms with Crippen LogP contribution in [0.1, 0.15) is 10.4 Å². The van der Waals surface area contributed by atoms with E-state index in [-0.39, 0.29) is 22.6 Å². The number of carbonyl (C=O) groups is 1. The van der Waals surface area contributed by atoms with Gasteiger partial charge in [-0.1, -0.05) is 0 Å². The van der Waals surface area contributed by atoms with Gasteiger partial charge in [0, 0.05) is 29.3 Å². The SMILES string of the molecule is COc1ncc(-c2ccc3c(cc(C(=O)O)c[n+]3[O-])c2)cc1NS(=O)(=O)c1ccc(F)cc1F. The first kappa shape index (κ1) is 22.9. The van der Waals surface area contributed by atoms with E-state index in [2.05, 4.69) is 9.71 Å². The van der Waals surface area contributed by atoms with Gasteiger partial charge in [0.15, 0.2) is 6.20 Å². The van der Waals surface area contributed by atoms with Crippen molar-refractivity contribution in [2.45, 2.75) is 4.90 Å². The van der Waals surface area contributed by atoms with Gasteiger partial charge < -0.3 is 15.1 Å². The number of carboxylic acids is 1. The van der Waals surface area contributed by atoms with E-state index in [1.165, 1.54) is 37.6 Å². The van der Waals surface area contributed by atoms with E-state index in [0.717, 1.165) is 18.3 Å². The zero-order valence-corrected chi connectivity index (χ0v) is 18.1. The summed E-state index contributed by atoms with van der Waals surface area (Å²) in [6.07, 6.45) is 2.32. The molecule has 0 amide bonds. The van der Waals surface area contributed by atoms with Crippen molar-refractivity contribution in [1.29, 1.82) is 0 Å². The molecule has 12 heteroatoms. The van der Waals surface area contributed by atoms with Gasteiger partial charge >= 0.3 is 5.97 Å². The Morgan fingerprint density at radius 3 is 2.56 bits per heavy atom. The number of pyridine rings is 2. The number of nitrogens with one attached hydrogen (secondary N) is 1. The molecule has 0 radical (unpaired) electrons. The van der Waals surface area contributed by atoms with Gasteiger partial charge in [0.2, 0.25) is 11.4 Å². The largest absolute Gasteiger partial charge is 0.618 e. The van der Waals surface area contributed by atoms with Crippen molar-refractivity contribution in [1.82, 2.24) is 4.98 Å². The maximum absolute atomic E-state index is 14.1. The summed E-state index contributed by atoms with van der Waals surface area (Å²) < 4.78 is 60.4. The number of benzene rings is 2. The Balaban J connectivity index is 1.78. The van der Waals surface area contributed by atoms with E-state index in [1.54, 1.807) is 6.07 Å². The molecule has 34 heavy (non-hydrogen) atoms. The molecule has 2 N–H and O–H groups in total. The number of methoxy groups -OCH3 is 1. The summed E-state index contributed by atoms with van der Waals surface area (Å²) in [5.74, 6) is -3.58. The predicted octanol–water partition coefficient (Wildman–Crippen LogP) is 3.32. The molecule has 0 saturated carbocycles. The van der Waals surface area contributed by atoms with Gasteiger partial charge in [-0.3, -0.25) is 4.72 Å². The van der Waals surface area contributed by atoms with Crippen molar-refractivity contribution >= 4 is 32.6 Å². The van der Waals surface area contributed by atoms with Gasteiger partial charge in [-0.15, -0.1) is 0 Å². The standard InChI is InChI=1S/C22H15F2N3O6S/c1-33-21-18(26-34(31,32)20-5-3-16(23)9-17(20)24)8-14(10-25-21)12-2-4-19-13(6-12)7-15(22(28)29)11-27(19)30/h2-11,26H,1H3,(H,28,29). The molecule has 0 aliphatic carbocycles. The smallest absolute Gasteiger partial charge is 0.341 e.